The number of methoxy groups -OCH3 is 1. The van der Waals surface area contributed by atoms with Gasteiger partial charge in [-0.15, -0.1) is 0 Å². The number of rotatable bonds is 4. The van der Waals surface area contributed by atoms with Crippen molar-refractivity contribution in [2.45, 2.75) is 6.04 Å². The summed E-state index contributed by atoms with van der Waals surface area (Å²) in [5.74, 6) is -1.85. The molecule has 6 heteroatoms. The highest BCUT2D eigenvalue weighted by Crippen LogP contribution is 2.33. The summed E-state index contributed by atoms with van der Waals surface area (Å²) in [7, 11) is 1.53. The summed E-state index contributed by atoms with van der Waals surface area (Å²) in [4.78, 5) is 11.6. The predicted octanol–water partition coefficient (Wildman–Crippen LogP) is 1.19. The lowest BCUT2D eigenvalue weighted by Crippen LogP contribution is -2.30. The molecule has 0 aliphatic carbocycles. The van der Waals surface area contributed by atoms with Gasteiger partial charge in [-0.1, -0.05) is 0 Å². The van der Waals surface area contributed by atoms with Gasteiger partial charge in [0.25, 0.3) is 0 Å². The van der Waals surface area contributed by atoms with Crippen LogP contribution >= 0.6 is 0 Å². The third-order valence-electron chi connectivity index (χ3n) is 2.56. The van der Waals surface area contributed by atoms with Crippen molar-refractivity contribution in [3.63, 3.8) is 0 Å². The van der Waals surface area contributed by atoms with E-state index in [1.54, 1.807) is 0 Å². The molecule has 0 aromatic heterocycles. The van der Waals surface area contributed by atoms with Crippen LogP contribution in [0.1, 0.15) is 11.6 Å². The molecule has 0 fully saturated rings. The van der Waals surface area contributed by atoms with Gasteiger partial charge in [0, 0.05) is 25.3 Å². The van der Waals surface area contributed by atoms with E-state index < -0.39 is 17.7 Å². The average Bonchev–Trinajstić information content (AvgIpc) is 2.57. The smallest absolute Gasteiger partial charge is 0.246 e. The van der Waals surface area contributed by atoms with Gasteiger partial charge in [-0.25, -0.2) is 8.78 Å². The SMILES string of the molecule is COCCNC1C(=O)Nc2c(F)cc(F)cc21. The molecule has 1 unspecified atom stereocenters. The zero-order valence-electron chi connectivity index (χ0n) is 9.22. The van der Waals surface area contributed by atoms with E-state index in [-0.39, 0.29) is 11.6 Å². The number of ether oxygens (including phenoxy) is 1. The molecule has 1 atom stereocenters. The number of benzene rings is 1. The Kier molecular flexibility index (Phi) is 3.35. The highest BCUT2D eigenvalue weighted by Gasteiger charge is 2.32. The molecule has 17 heavy (non-hydrogen) atoms. The van der Waals surface area contributed by atoms with Crippen LogP contribution in [-0.2, 0) is 9.53 Å². The molecular formula is C11H12F2N2O2. The van der Waals surface area contributed by atoms with Gasteiger partial charge < -0.3 is 10.1 Å². The second kappa shape index (κ2) is 4.77. The lowest BCUT2D eigenvalue weighted by atomic mass is 10.1. The van der Waals surface area contributed by atoms with Gasteiger partial charge in [-0.3, -0.25) is 10.1 Å². The largest absolute Gasteiger partial charge is 0.383 e. The normalized spacial score (nSPS) is 18.1. The molecule has 1 heterocycles. The Bertz CT molecular complexity index is 451. The van der Waals surface area contributed by atoms with Crippen LogP contribution in [0.15, 0.2) is 12.1 Å². The Morgan fingerprint density at radius 2 is 2.24 bits per heavy atom. The fraction of sp³-hybridized carbons (Fsp3) is 0.364. The van der Waals surface area contributed by atoms with Crippen LogP contribution in [0.25, 0.3) is 0 Å². The third-order valence-corrected chi connectivity index (χ3v) is 2.56. The lowest BCUT2D eigenvalue weighted by Gasteiger charge is -2.10. The predicted molar refractivity (Wildman–Crippen MR) is 57.6 cm³/mol. The van der Waals surface area contributed by atoms with E-state index in [2.05, 4.69) is 10.6 Å². The number of carbonyl (C=O) groups is 1. The minimum Gasteiger partial charge on any atom is -0.383 e. The van der Waals surface area contributed by atoms with Crippen LogP contribution in [0.4, 0.5) is 14.5 Å². The van der Waals surface area contributed by atoms with Gasteiger partial charge in [0.15, 0.2) is 0 Å². The van der Waals surface area contributed by atoms with Gasteiger partial charge in [-0.05, 0) is 6.07 Å². The molecular weight excluding hydrogens is 230 g/mol. The molecule has 1 aromatic carbocycles. The van der Waals surface area contributed by atoms with Crippen LogP contribution in [-0.4, -0.2) is 26.2 Å². The van der Waals surface area contributed by atoms with Crippen LogP contribution < -0.4 is 10.6 Å². The van der Waals surface area contributed by atoms with Crippen molar-refractivity contribution in [3.8, 4) is 0 Å². The first-order valence-corrected chi connectivity index (χ1v) is 5.15. The molecule has 2 N–H and O–H groups in total. The van der Waals surface area contributed by atoms with E-state index in [4.69, 9.17) is 4.74 Å². The zero-order valence-corrected chi connectivity index (χ0v) is 9.22. The Labute approximate surface area is 97.0 Å². The second-order valence-corrected chi connectivity index (χ2v) is 3.72. The molecule has 92 valence electrons. The van der Waals surface area contributed by atoms with Gasteiger partial charge in [0.2, 0.25) is 5.91 Å². The van der Waals surface area contributed by atoms with Crippen LogP contribution in [0.3, 0.4) is 0 Å². The fourth-order valence-corrected chi connectivity index (χ4v) is 1.80. The van der Waals surface area contributed by atoms with Gasteiger partial charge in [-0.2, -0.15) is 0 Å². The molecule has 1 amide bonds. The lowest BCUT2D eigenvalue weighted by molar-refractivity contribution is -0.117. The van der Waals surface area contributed by atoms with Gasteiger partial charge in [0.1, 0.15) is 17.7 Å². The molecule has 0 spiro atoms. The summed E-state index contributed by atoms with van der Waals surface area (Å²) in [5.41, 5.74) is 0.343. The molecule has 0 radical (unpaired) electrons. The van der Waals surface area contributed by atoms with Crippen molar-refractivity contribution in [2.24, 2.45) is 0 Å². The number of anilines is 1. The third kappa shape index (κ3) is 2.27. The first-order valence-electron chi connectivity index (χ1n) is 5.15. The van der Waals surface area contributed by atoms with E-state index in [0.717, 1.165) is 12.1 Å². The summed E-state index contributed by atoms with van der Waals surface area (Å²) in [6, 6.07) is 1.17. The number of amides is 1. The molecule has 1 aliphatic heterocycles. The van der Waals surface area contributed by atoms with E-state index in [0.29, 0.717) is 18.7 Å². The highest BCUT2D eigenvalue weighted by atomic mass is 19.1. The van der Waals surface area contributed by atoms with E-state index in [1.165, 1.54) is 7.11 Å². The summed E-state index contributed by atoms with van der Waals surface area (Å²) in [5, 5.41) is 5.26. The van der Waals surface area contributed by atoms with Gasteiger partial charge >= 0.3 is 0 Å². The Morgan fingerprint density at radius 1 is 1.47 bits per heavy atom. The molecule has 0 bridgehead atoms. The van der Waals surface area contributed by atoms with Crippen molar-refractivity contribution in [2.75, 3.05) is 25.6 Å². The van der Waals surface area contributed by atoms with Gasteiger partial charge in [0.05, 0.1) is 12.3 Å². The van der Waals surface area contributed by atoms with Crippen molar-refractivity contribution < 1.29 is 18.3 Å². The maximum absolute atomic E-state index is 13.4. The first kappa shape index (κ1) is 11.9. The number of hydrogen-bond donors (Lipinski definition) is 2. The molecule has 1 aromatic rings. The number of halogens is 2. The van der Waals surface area contributed by atoms with E-state index in [1.807, 2.05) is 0 Å². The van der Waals surface area contributed by atoms with Crippen molar-refractivity contribution in [1.29, 1.82) is 0 Å². The van der Waals surface area contributed by atoms with Crippen LogP contribution in [0, 0.1) is 11.6 Å². The summed E-state index contributed by atoms with van der Waals surface area (Å²) >= 11 is 0. The number of nitrogens with one attached hydrogen (secondary N) is 2. The minimum atomic E-state index is -0.760. The zero-order chi connectivity index (χ0) is 12.4. The maximum Gasteiger partial charge on any atom is 0.246 e. The maximum atomic E-state index is 13.4. The van der Waals surface area contributed by atoms with Crippen molar-refractivity contribution >= 4 is 11.6 Å². The average molecular weight is 242 g/mol. The molecule has 1 aliphatic rings. The van der Waals surface area contributed by atoms with Crippen molar-refractivity contribution in [1.82, 2.24) is 5.32 Å². The van der Waals surface area contributed by atoms with Crippen LogP contribution in [0.5, 0.6) is 0 Å². The number of hydrogen-bond acceptors (Lipinski definition) is 3. The topological polar surface area (TPSA) is 50.4 Å². The first-order chi connectivity index (χ1) is 8.13. The number of fused-ring (bicyclic) bond motifs is 1. The van der Waals surface area contributed by atoms with Crippen molar-refractivity contribution in [3.05, 3.63) is 29.3 Å². The minimum absolute atomic E-state index is 0.0475. The van der Waals surface area contributed by atoms with E-state index in [9.17, 15) is 13.6 Å². The quantitative estimate of drug-likeness (QED) is 0.780. The second-order valence-electron chi connectivity index (χ2n) is 3.72. The molecule has 0 saturated heterocycles. The summed E-state index contributed by atoms with van der Waals surface area (Å²) < 4.78 is 31.3. The highest BCUT2D eigenvalue weighted by molar-refractivity contribution is 6.02. The standard InChI is InChI=1S/C11H12F2N2O2/c1-17-3-2-14-10-7-4-6(12)5-8(13)9(7)15-11(10)16/h4-5,10,14H,2-3H2,1H3,(H,15,16). The van der Waals surface area contributed by atoms with Crippen LogP contribution in [0.2, 0.25) is 0 Å². The monoisotopic (exact) mass is 242 g/mol. The van der Waals surface area contributed by atoms with E-state index >= 15 is 0 Å². The summed E-state index contributed by atoms with van der Waals surface area (Å²) in [6.07, 6.45) is 0. The Morgan fingerprint density at radius 3 is 2.94 bits per heavy atom. The Balaban J connectivity index is 2.23. The summed E-state index contributed by atoms with van der Waals surface area (Å²) in [6.45, 7) is 0.836. The molecule has 4 nitrogen and oxygen atoms in total. The fourth-order valence-electron chi connectivity index (χ4n) is 1.80. The Hall–Kier alpha value is -1.53. The molecule has 2 rings (SSSR count). The molecule has 0 saturated carbocycles. The number of carbonyl (C=O) groups excluding carboxylic acids is 1.